The number of hydrogen-bond acceptors (Lipinski definition) is 8. The van der Waals surface area contributed by atoms with Gasteiger partial charge in [-0.25, -0.2) is 4.79 Å². The molecule has 34 heavy (non-hydrogen) atoms. The molecule has 2 heterocycles. The molecule has 3 rings (SSSR count). The second kappa shape index (κ2) is 10.6. The van der Waals surface area contributed by atoms with Crippen molar-refractivity contribution >= 4 is 23.5 Å². The highest BCUT2D eigenvalue weighted by Gasteiger charge is 2.36. The molecule has 0 aliphatic carbocycles. The molecule has 10 heteroatoms. The molecule has 2 aliphatic rings. The number of hydrogen-bond donors (Lipinski definition) is 1. The van der Waals surface area contributed by atoms with Crippen molar-refractivity contribution in [3.63, 3.8) is 0 Å². The molecule has 0 spiro atoms. The van der Waals surface area contributed by atoms with Crippen LogP contribution in [0.15, 0.2) is 18.7 Å². The third-order valence-corrected chi connectivity index (χ3v) is 6.42. The van der Waals surface area contributed by atoms with E-state index in [1.165, 1.54) is 13.2 Å². The Morgan fingerprint density at radius 3 is 2.47 bits per heavy atom. The van der Waals surface area contributed by atoms with E-state index < -0.39 is 10.5 Å². The number of nitrogens with zero attached hydrogens (tertiary/aromatic N) is 4. The van der Waals surface area contributed by atoms with Gasteiger partial charge < -0.3 is 24.4 Å². The van der Waals surface area contributed by atoms with E-state index in [9.17, 15) is 20.0 Å². The number of piperazine rings is 1. The quantitative estimate of drug-likeness (QED) is 0.493. The van der Waals surface area contributed by atoms with E-state index in [1.807, 2.05) is 20.8 Å². The largest absolute Gasteiger partial charge is 0.490 e. The molecule has 0 bridgehead atoms. The van der Waals surface area contributed by atoms with Crippen LogP contribution in [0.25, 0.3) is 6.08 Å². The van der Waals surface area contributed by atoms with Crippen molar-refractivity contribution in [2.75, 3.05) is 51.3 Å². The monoisotopic (exact) mass is 476 g/mol. The van der Waals surface area contributed by atoms with Crippen molar-refractivity contribution in [3.8, 4) is 5.75 Å². The maximum absolute atomic E-state index is 12.6. The van der Waals surface area contributed by atoms with E-state index in [0.29, 0.717) is 24.7 Å². The SMILES string of the molecule is C=Cc1cc([N+](=O)[O-])c(OC)cc1N1CCC(N2CCN(C(=O)OC(C)(C)C)[C@H](CO)C2)CC1. The van der Waals surface area contributed by atoms with Crippen molar-refractivity contribution in [2.45, 2.75) is 51.3 Å². The first-order valence-corrected chi connectivity index (χ1v) is 11.7. The lowest BCUT2D eigenvalue weighted by Gasteiger charge is -2.46. The van der Waals surface area contributed by atoms with Gasteiger partial charge in [-0.2, -0.15) is 0 Å². The fourth-order valence-electron chi connectivity index (χ4n) is 4.72. The lowest BCUT2D eigenvalue weighted by Crippen LogP contribution is -2.60. The number of nitro benzene ring substituents is 1. The number of methoxy groups -OCH3 is 1. The lowest BCUT2D eigenvalue weighted by atomic mass is 9.99. The van der Waals surface area contributed by atoms with E-state index in [1.54, 1.807) is 17.0 Å². The molecule has 2 saturated heterocycles. The number of carbonyl (C=O) groups is 1. The van der Waals surface area contributed by atoms with Crippen LogP contribution < -0.4 is 9.64 Å². The number of carbonyl (C=O) groups excluding carboxylic acids is 1. The predicted octanol–water partition coefficient (Wildman–Crippen LogP) is 3.13. The summed E-state index contributed by atoms with van der Waals surface area (Å²) in [5, 5.41) is 21.3. The third-order valence-electron chi connectivity index (χ3n) is 6.42. The Morgan fingerprint density at radius 2 is 1.94 bits per heavy atom. The van der Waals surface area contributed by atoms with Crippen LogP contribution in [0, 0.1) is 10.1 Å². The zero-order valence-electron chi connectivity index (χ0n) is 20.5. The van der Waals surface area contributed by atoms with Crippen LogP contribution >= 0.6 is 0 Å². The van der Waals surface area contributed by atoms with Gasteiger partial charge in [0.05, 0.1) is 24.7 Å². The molecule has 0 saturated carbocycles. The van der Waals surface area contributed by atoms with Gasteiger partial charge in [-0.3, -0.25) is 15.0 Å². The Morgan fingerprint density at radius 1 is 1.26 bits per heavy atom. The van der Waals surface area contributed by atoms with E-state index >= 15 is 0 Å². The van der Waals surface area contributed by atoms with Crippen LogP contribution in [0.4, 0.5) is 16.2 Å². The molecule has 1 N–H and O–H groups in total. The summed E-state index contributed by atoms with van der Waals surface area (Å²) in [6.07, 6.45) is 3.06. The first-order valence-electron chi connectivity index (χ1n) is 11.7. The fraction of sp³-hybridized carbons (Fsp3) is 0.625. The highest BCUT2D eigenvalue weighted by molar-refractivity contribution is 5.73. The summed E-state index contributed by atoms with van der Waals surface area (Å²) in [7, 11) is 1.43. The molecular weight excluding hydrogens is 440 g/mol. The van der Waals surface area contributed by atoms with Crippen molar-refractivity contribution < 1.29 is 24.3 Å². The first-order chi connectivity index (χ1) is 16.1. The van der Waals surface area contributed by atoms with Crippen LogP contribution in [-0.2, 0) is 4.74 Å². The molecule has 1 aromatic carbocycles. The van der Waals surface area contributed by atoms with E-state index in [4.69, 9.17) is 9.47 Å². The molecule has 0 aromatic heterocycles. The van der Waals surface area contributed by atoms with Gasteiger partial charge in [0.2, 0.25) is 0 Å². The maximum Gasteiger partial charge on any atom is 0.410 e. The van der Waals surface area contributed by atoms with Crippen LogP contribution in [0.3, 0.4) is 0 Å². The minimum absolute atomic E-state index is 0.0751. The van der Waals surface area contributed by atoms with Gasteiger partial charge in [0.25, 0.3) is 0 Å². The summed E-state index contributed by atoms with van der Waals surface area (Å²) in [6.45, 7) is 12.6. The zero-order chi connectivity index (χ0) is 25.0. The van der Waals surface area contributed by atoms with Crippen molar-refractivity contribution in [3.05, 3.63) is 34.4 Å². The number of amides is 1. The molecule has 1 amide bonds. The van der Waals surface area contributed by atoms with Crippen molar-refractivity contribution in [1.82, 2.24) is 9.80 Å². The summed E-state index contributed by atoms with van der Waals surface area (Å²) < 4.78 is 10.8. The van der Waals surface area contributed by atoms with E-state index in [0.717, 1.165) is 38.2 Å². The number of ether oxygens (including phenoxy) is 2. The van der Waals surface area contributed by atoms with Crippen molar-refractivity contribution in [1.29, 1.82) is 0 Å². The van der Waals surface area contributed by atoms with Crippen LogP contribution in [0.5, 0.6) is 5.75 Å². The number of benzene rings is 1. The van der Waals surface area contributed by atoms with Crippen LogP contribution in [0.1, 0.15) is 39.2 Å². The summed E-state index contributed by atoms with van der Waals surface area (Å²) in [6, 6.07) is 3.26. The molecule has 1 atom stereocenters. The number of aliphatic hydroxyl groups is 1. The average molecular weight is 477 g/mol. The minimum atomic E-state index is -0.577. The van der Waals surface area contributed by atoms with E-state index in [-0.39, 0.29) is 30.2 Å². The normalized spacial score (nSPS) is 20.2. The first kappa shape index (κ1) is 25.8. The highest BCUT2D eigenvalue weighted by atomic mass is 16.6. The Hall–Kier alpha value is -2.85. The number of nitro groups is 1. The van der Waals surface area contributed by atoms with Gasteiger partial charge in [-0.1, -0.05) is 12.7 Å². The van der Waals surface area contributed by atoms with Crippen LogP contribution in [-0.4, -0.2) is 90.0 Å². The standard InChI is InChI=1S/C24H36N4O6/c1-6-17-13-21(28(31)32)22(33-5)14-20(17)25-9-7-18(8-10-25)26-11-12-27(19(15-26)16-29)23(30)34-24(2,3)4/h6,13-14,18-19,29H,1,7-12,15-16H2,2-5H3/t19-/m0/s1. The number of piperidine rings is 1. The second-order valence-corrected chi connectivity index (χ2v) is 9.77. The van der Waals surface area contributed by atoms with Gasteiger partial charge in [0.15, 0.2) is 5.75 Å². The Bertz CT molecular complexity index is 907. The van der Waals surface area contributed by atoms with E-state index in [2.05, 4.69) is 16.4 Å². The smallest absolute Gasteiger partial charge is 0.410 e. The fourth-order valence-corrected chi connectivity index (χ4v) is 4.72. The summed E-state index contributed by atoms with van der Waals surface area (Å²) in [5.41, 5.74) is 0.927. The zero-order valence-corrected chi connectivity index (χ0v) is 20.5. The minimum Gasteiger partial charge on any atom is -0.490 e. The molecular formula is C24H36N4O6. The number of aliphatic hydroxyl groups excluding tert-OH is 1. The van der Waals surface area contributed by atoms with Crippen LogP contribution in [0.2, 0.25) is 0 Å². The lowest BCUT2D eigenvalue weighted by molar-refractivity contribution is -0.385. The molecule has 0 unspecified atom stereocenters. The second-order valence-electron chi connectivity index (χ2n) is 9.77. The van der Waals surface area contributed by atoms with Gasteiger partial charge in [-0.15, -0.1) is 0 Å². The van der Waals surface area contributed by atoms with Gasteiger partial charge in [0, 0.05) is 62.1 Å². The highest BCUT2D eigenvalue weighted by Crippen LogP contribution is 2.37. The molecule has 10 nitrogen and oxygen atoms in total. The number of rotatable bonds is 6. The summed E-state index contributed by atoms with van der Waals surface area (Å²) >= 11 is 0. The summed E-state index contributed by atoms with van der Waals surface area (Å²) in [5.74, 6) is 0.233. The third kappa shape index (κ3) is 5.79. The van der Waals surface area contributed by atoms with Gasteiger partial charge in [0.1, 0.15) is 5.60 Å². The topological polar surface area (TPSA) is 109 Å². The van der Waals surface area contributed by atoms with Gasteiger partial charge in [-0.05, 0) is 33.6 Å². The molecule has 0 radical (unpaired) electrons. The average Bonchev–Trinajstić information content (AvgIpc) is 2.81. The molecule has 2 fully saturated rings. The molecule has 188 valence electrons. The van der Waals surface area contributed by atoms with Gasteiger partial charge >= 0.3 is 11.8 Å². The Labute approximate surface area is 200 Å². The number of anilines is 1. The van der Waals surface area contributed by atoms with Crippen molar-refractivity contribution in [2.24, 2.45) is 0 Å². The molecule has 1 aromatic rings. The Kier molecular flexibility index (Phi) is 8.04. The maximum atomic E-state index is 12.6. The molecule has 2 aliphatic heterocycles. The Balaban J connectivity index is 1.65. The predicted molar refractivity (Wildman–Crippen MR) is 130 cm³/mol. The summed E-state index contributed by atoms with van der Waals surface area (Å²) in [4.78, 5) is 29.7.